The average Bonchev–Trinajstić information content (AvgIpc) is 3.13. The van der Waals surface area contributed by atoms with Crippen molar-refractivity contribution in [2.45, 2.75) is 111 Å². The van der Waals surface area contributed by atoms with E-state index in [1.165, 1.54) is 0 Å². The first-order valence-corrected chi connectivity index (χ1v) is 14.8. The van der Waals surface area contributed by atoms with Crippen molar-refractivity contribution >= 4 is 17.7 Å². The Morgan fingerprint density at radius 2 is 1.68 bits per heavy atom. The molecule has 0 saturated carbocycles. The zero-order chi connectivity index (χ0) is 31.3. The van der Waals surface area contributed by atoms with Gasteiger partial charge in [0.05, 0.1) is 25.4 Å². The zero-order valence-electron chi connectivity index (χ0n) is 26.3. The lowest BCUT2D eigenvalue weighted by atomic mass is 10.0. The van der Waals surface area contributed by atoms with E-state index < -0.39 is 5.97 Å². The van der Waals surface area contributed by atoms with E-state index in [4.69, 9.17) is 24.1 Å². The van der Waals surface area contributed by atoms with Crippen LogP contribution in [0.5, 0.6) is 0 Å². The molecule has 1 aliphatic carbocycles. The molecule has 0 aromatic heterocycles. The van der Waals surface area contributed by atoms with Crippen molar-refractivity contribution in [2.24, 2.45) is 0 Å². The number of ketones is 1. The molecule has 0 aromatic carbocycles. The highest BCUT2D eigenvalue weighted by Gasteiger charge is 2.20. The highest BCUT2D eigenvalue weighted by atomic mass is 16.5. The summed E-state index contributed by atoms with van der Waals surface area (Å²) in [4.78, 5) is 33.3. The van der Waals surface area contributed by atoms with Gasteiger partial charge in [0.1, 0.15) is 11.5 Å². The molecule has 0 fully saturated rings. The maximum atomic E-state index is 13.0. The molecular formula is C34H54O7. The number of aliphatic carboxylic acids is 1. The Hall–Kier alpha value is -3.35. The number of methoxy groups -OCH3 is 1. The van der Waals surface area contributed by atoms with Crippen LogP contribution in [0.4, 0.5) is 0 Å². The van der Waals surface area contributed by atoms with Crippen molar-refractivity contribution < 1.29 is 33.7 Å². The molecule has 0 bridgehead atoms. The summed E-state index contributed by atoms with van der Waals surface area (Å²) in [7, 11) is 1.62. The first-order valence-electron chi connectivity index (χ1n) is 14.8. The maximum Gasteiger partial charge on any atom is 0.305 e. The van der Waals surface area contributed by atoms with Crippen molar-refractivity contribution in [2.75, 3.05) is 13.7 Å². The normalized spacial score (nSPS) is 13.3. The van der Waals surface area contributed by atoms with Crippen molar-refractivity contribution in [1.82, 2.24) is 0 Å². The summed E-state index contributed by atoms with van der Waals surface area (Å²) in [5, 5.41) is 7.42. The third-order valence-electron chi connectivity index (χ3n) is 5.62. The molecule has 1 N–H and O–H groups in total. The van der Waals surface area contributed by atoms with Crippen LogP contribution in [0.25, 0.3) is 0 Å². The van der Waals surface area contributed by atoms with Crippen molar-refractivity contribution in [3.05, 3.63) is 72.3 Å². The number of unbranched alkanes of at least 4 members (excludes halogenated alkanes) is 4. The number of Topliss-reactive ketones (excluding diaryl/α,β-unsaturated/α-hetero) is 1. The van der Waals surface area contributed by atoms with E-state index in [0.717, 1.165) is 58.3 Å². The van der Waals surface area contributed by atoms with Crippen LogP contribution in [-0.2, 0) is 28.6 Å². The molecule has 1 atom stereocenters. The van der Waals surface area contributed by atoms with Crippen molar-refractivity contribution in [3.8, 4) is 0 Å². The quantitative estimate of drug-likeness (QED) is 0.0757. The molecule has 0 saturated heterocycles. The van der Waals surface area contributed by atoms with Gasteiger partial charge in [-0.1, -0.05) is 69.2 Å². The minimum Gasteiger partial charge on any atom is -0.497 e. The number of ether oxygens (including phenoxy) is 3. The molecule has 0 radical (unpaired) electrons. The van der Waals surface area contributed by atoms with E-state index in [0.29, 0.717) is 43.0 Å². The molecular weight excluding hydrogens is 520 g/mol. The zero-order valence-corrected chi connectivity index (χ0v) is 26.3. The lowest BCUT2D eigenvalue weighted by molar-refractivity contribution is -0.143. The Morgan fingerprint density at radius 1 is 1.05 bits per heavy atom. The lowest BCUT2D eigenvalue weighted by Gasteiger charge is -2.18. The number of hydrogen-bond acceptors (Lipinski definition) is 6. The predicted molar refractivity (Wildman–Crippen MR) is 167 cm³/mol. The molecule has 0 aliphatic heterocycles. The number of hydrogen-bond donors (Lipinski definition) is 1. The first kappa shape index (κ1) is 39.8. The van der Waals surface area contributed by atoms with Crippen LogP contribution >= 0.6 is 0 Å². The smallest absolute Gasteiger partial charge is 0.305 e. The van der Waals surface area contributed by atoms with Crippen LogP contribution in [-0.4, -0.2) is 42.6 Å². The third kappa shape index (κ3) is 25.4. The van der Waals surface area contributed by atoms with Crippen LogP contribution in [0, 0.1) is 0 Å². The second-order valence-electron chi connectivity index (χ2n) is 9.33. The fourth-order valence-corrected chi connectivity index (χ4v) is 3.64. The van der Waals surface area contributed by atoms with Crippen LogP contribution in [0.2, 0.25) is 0 Å². The number of carbonyl (C=O) groups is 3. The van der Waals surface area contributed by atoms with E-state index in [9.17, 15) is 9.59 Å². The van der Waals surface area contributed by atoms with Gasteiger partial charge < -0.3 is 19.3 Å². The Morgan fingerprint density at radius 3 is 2.22 bits per heavy atom. The highest BCUT2D eigenvalue weighted by molar-refractivity contribution is 5.99. The summed E-state index contributed by atoms with van der Waals surface area (Å²) in [5.41, 5.74) is 0.643. The van der Waals surface area contributed by atoms with Gasteiger partial charge in [0.2, 0.25) is 0 Å². The van der Waals surface area contributed by atoms with Gasteiger partial charge in [-0.3, -0.25) is 14.4 Å². The molecule has 0 spiro atoms. The molecule has 232 valence electrons. The molecule has 7 heteroatoms. The topological polar surface area (TPSA) is 99.1 Å². The van der Waals surface area contributed by atoms with Gasteiger partial charge in [0.25, 0.3) is 5.97 Å². The standard InChI is InChI=1S/C27H40O5.C5H10.C2H4O2/c1-5-7-8-12-16-22(3)32-26-21-23(30-4)17-15-18-24(26)25(28)19-13-10-9-11-14-20-27(29)31-6-2;1-3-5-4-2;1-2(3)4/h5,7-8,17-18,21-22H,1,6,9-16,19-20H2,2-4H3;3,5H,4H2,1-2H3;1H3,(H,3,4)/b8-7+;5-3-;. The van der Waals surface area contributed by atoms with Crippen LogP contribution in [0.3, 0.4) is 0 Å². The molecule has 0 amide bonds. The number of rotatable bonds is 18. The summed E-state index contributed by atoms with van der Waals surface area (Å²) in [6, 6.07) is 0. The van der Waals surface area contributed by atoms with Crippen molar-refractivity contribution in [1.29, 1.82) is 0 Å². The van der Waals surface area contributed by atoms with E-state index in [-0.39, 0.29) is 17.9 Å². The Kier molecular flexibility index (Phi) is 27.4. The van der Waals surface area contributed by atoms with Crippen LogP contribution < -0.4 is 0 Å². The summed E-state index contributed by atoms with van der Waals surface area (Å²) in [6.07, 6.45) is 24.7. The van der Waals surface area contributed by atoms with E-state index in [1.54, 1.807) is 13.2 Å². The Balaban J connectivity index is 0. The summed E-state index contributed by atoms with van der Waals surface area (Å²) in [5.74, 6) is 0.444. The van der Waals surface area contributed by atoms with E-state index in [2.05, 4.69) is 31.7 Å². The summed E-state index contributed by atoms with van der Waals surface area (Å²) < 4.78 is 16.5. The molecule has 0 aromatic rings. The highest BCUT2D eigenvalue weighted by Crippen LogP contribution is 2.25. The second-order valence-corrected chi connectivity index (χ2v) is 9.33. The largest absolute Gasteiger partial charge is 0.497 e. The van der Waals surface area contributed by atoms with Gasteiger partial charge in [-0.25, -0.2) is 0 Å². The molecule has 1 aliphatic rings. The number of esters is 1. The summed E-state index contributed by atoms with van der Waals surface area (Å²) >= 11 is 0. The van der Waals surface area contributed by atoms with Crippen molar-refractivity contribution in [3.63, 3.8) is 0 Å². The first-order chi connectivity index (χ1) is 19.7. The second kappa shape index (κ2) is 28.2. The average molecular weight is 575 g/mol. The minimum absolute atomic E-state index is 0.0254. The van der Waals surface area contributed by atoms with Gasteiger partial charge in [-0.2, -0.15) is 0 Å². The lowest BCUT2D eigenvalue weighted by Crippen LogP contribution is -2.14. The maximum absolute atomic E-state index is 13.0. The fourth-order valence-electron chi connectivity index (χ4n) is 3.64. The van der Waals surface area contributed by atoms with Gasteiger partial charge in [0.15, 0.2) is 5.78 Å². The van der Waals surface area contributed by atoms with Crippen LogP contribution in [0.1, 0.15) is 105 Å². The fraction of sp³-hybridized carbons (Fsp3) is 0.559. The Labute approximate surface area is 248 Å². The molecule has 0 heterocycles. The summed E-state index contributed by atoms with van der Waals surface area (Å²) in [6.45, 7) is 13.2. The number of carboxylic acids is 1. The minimum atomic E-state index is -0.833. The van der Waals surface area contributed by atoms with Gasteiger partial charge in [-0.15, -0.1) is 0 Å². The number of carboxylic acid groups (broad SMARTS) is 1. The Bertz CT molecular complexity index is 887. The molecule has 41 heavy (non-hydrogen) atoms. The van der Waals surface area contributed by atoms with Crippen LogP contribution in [0.15, 0.2) is 72.3 Å². The number of allylic oxidation sites excluding steroid dienone is 9. The monoisotopic (exact) mass is 574 g/mol. The van der Waals surface area contributed by atoms with Gasteiger partial charge in [0, 0.05) is 25.8 Å². The van der Waals surface area contributed by atoms with E-state index in [1.807, 2.05) is 45.1 Å². The molecule has 1 rings (SSSR count). The van der Waals surface area contributed by atoms with Gasteiger partial charge >= 0.3 is 5.97 Å². The third-order valence-corrected chi connectivity index (χ3v) is 5.62. The predicted octanol–water partition coefficient (Wildman–Crippen LogP) is 8.58. The SMILES string of the molecule is C/C=C\CC.C=C/C=C/CCC(C)OC1=CC(OC)=CCC=C1C(=O)CCCCCCCC(=O)OCC.CC(=O)O. The van der Waals surface area contributed by atoms with E-state index >= 15 is 0 Å². The van der Waals surface area contributed by atoms with Gasteiger partial charge in [-0.05, 0) is 65.4 Å². The molecule has 1 unspecified atom stereocenters. The molecule has 7 nitrogen and oxygen atoms in total. The number of carbonyl (C=O) groups excluding carboxylic acids is 2.